The Morgan fingerprint density at radius 2 is 2.00 bits per heavy atom. The van der Waals surface area contributed by atoms with Crippen LogP contribution in [0.15, 0.2) is 24.3 Å². The van der Waals surface area contributed by atoms with Crippen molar-refractivity contribution < 1.29 is 4.79 Å². The molecule has 1 aromatic heterocycles. The van der Waals surface area contributed by atoms with Gasteiger partial charge in [-0.15, -0.1) is 0 Å². The highest BCUT2D eigenvalue weighted by Crippen LogP contribution is 2.13. The average molecular weight is 288 g/mol. The third-order valence-corrected chi connectivity index (χ3v) is 3.21. The van der Waals surface area contributed by atoms with E-state index in [0.29, 0.717) is 19.5 Å². The van der Waals surface area contributed by atoms with Crippen molar-refractivity contribution >= 4 is 16.9 Å². The van der Waals surface area contributed by atoms with Crippen molar-refractivity contribution in [2.45, 2.75) is 39.3 Å². The van der Waals surface area contributed by atoms with E-state index in [1.54, 1.807) is 0 Å². The van der Waals surface area contributed by atoms with Crippen LogP contribution in [0.4, 0.5) is 0 Å². The van der Waals surface area contributed by atoms with Crippen molar-refractivity contribution in [3.8, 4) is 0 Å². The Morgan fingerprint density at radius 1 is 1.29 bits per heavy atom. The molecule has 0 fully saturated rings. The fourth-order valence-electron chi connectivity index (χ4n) is 2.24. The molecule has 0 saturated heterocycles. The predicted octanol–water partition coefficient (Wildman–Crippen LogP) is 1.97. The zero-order valence-corrected chi connectivity index (χ0v) is 13.2. The molecule has 0 atom stereocenters. The number of nitrogens with zero attached hydrogens (tertiary/aromatic N) is 2. The Kier molecular flexibility index (Phi) is 4.63. The van der Waals surface area contributed by atoms with Crippen LogP contribution in [-0.4, -0.2) is 27.5 Å². The van der Waals surface area contributed by atoms with Gasteiger partial charge >= 0.3 is 0 Å². The molecule has 1 aromatic carbocycles. The second-order valence-corrected chi connectivity index (χ2v) is 6.30. The van der Waals surface area contributed by atoms with Crippen LogP contribution in [0.3, 0.4) is 0 Å². The maximum atomic E-state index is 11.7. The molecule has 0 unspecified atom stereocenters. The van der Waals surface area contributed by atoms with Crippen molar-refractivity contribution in [3.63, 3.8) is 0 Å². The van der Waals surface area contributed by atoms with Crippen molar-refractivity contribution in [2.24, 2.45) is 7.05 Å². The van der Waals surface area contributed by atoms with Crippen LogP contribution in [0, 0.1) is 0 Å². The highest BCUT2D eigenvalue weighted by molar-refractivity contribution is 5.77. The van der Waals surface area contributed by atoms with E-state index >= 15 is 0 Å². The molecule has 2 rings (SSSR count). The van der Waals surface area contributed by atoms with Gasteiger partial charge in [0.1, 0.15) is 5.82 Å². The number of nitrogens with one attached hydrogen (secondary N) is 2. The number of aryl methyl sites for hydroxylation is 1. The Morgan fingerprint density at radius 3 is 2.67 bits per heavy atom. The zero-order chi connectivity index (χ0) is 15.5. The van der Waals surface area contributed by atoms with Gasteiger partial charge in [-0.25, -0.2) is 4.98 Å². The first kappa shape index (κ1) is 15.5. The Bertz CT molecular complexity index is 625. The molecule has 0 aliphatic carbocycles. The zero-order valence-electron chi connectivity index (χ0n) is 13.2. The maximum Gasteiger partial charge on any atom is 0.221 e. The van der Waals surface area contributed by atoms with Gasteiger partial charge in [0.15, 0.2) is 0 Å². The lowest BCUT2D eigenvalue weighted by Crippen LogP contribution is -2.41. The fourth-order valence-corrected chi connectivity index (χ4v) is 2.24. The predicted molar refractivity (Wildman–Crippen MR) is 84.9 cm³/mol. The van der Waals surface area contributed by atoms with E-state index in [0.717, 1.165) is 16.9 Å². The SMILES string of the molecule is Cn1c(CNCCC(=O)NC(C)(C)C)nc2ccccc21. The summed E-state index contributed by atoms with van der Waals surface area (Å²) in [6.07, 6.45) is 0.473. The summed E-state index contributed by atoms with van der Waals surface area (Å²) in [6, 6.07) is 8.07. The molecule has 5 nitrogen and oxygen atoms in total. The first-order valence-electron chi connectivity index (χ1n) is 7.29. The largest absolute Gasteiger partial charge is 0.351 e. The molecule has 0 spiro atoms. The van der Waals surface area contributed by atoms with E-state index in [-0.39, 0.29) is 11.4 Å². The minimum absolute atomic E-state index is 0.0694. The van der Waals surface area contributed by atoms with Gasteiger partial charge in [-0.05, 0) is 32.9 Å². The smallest absolute Gasteiger partial charge is 0.221 e. The van der Waals surface area contributed by atoms with E-state index < -0.39 is 0 Å². The topological polar surface area (TPSA) is 59.0 Å². The van der Waals surface area contributed by atoms with E-state index in [2.05, 4.69) is 26.3 Å². The van der Waals surface area contributed by atoms with Gasteiger partial charge in [-0.3, -0.25) is 4.79 Å². The molecule has 0 aliphatic rings. The van der Waals surface area contributed by atoms with Crippen LogP contribution in [0.2, 0.25) is 0 Å². The molecule has 0 aliphatic heterocycles. The van der Waals surface area contributed by atoms with Crippen LogP contribution in [0.25, 0.3) is 11.0 Å². The van der Waals surface area contributed by atoms with Crippen LogP contribution in [0.1, 0.15) is 33.0 Å². The highest BCUT2D eigenvalue weighted by atomic mass is 16.1. The monoisotopic (exact) mass is 288 g/mol. The number of carbonyl (C=O) groups is 1. The molecular formula is C16H24N4O. The van der Waals surface area contributed by atoms with E-state index in [4.69, 9.17) is 0 Å². The van der Waals surface area contributed by atoms with Gasteiger partial charge in [-0.1, -0.05) is 12.1 Å². The Balaban J connectivity index is 1.83. The summed E-state index contributed by atoms with van der Waals surface area (Å²) in [6.45, 7) is 7.26. The molecule has 1 heterocycles. The number of para-hydroxylation sites is 2. The molecule has 2 N–H and O–H groups in total. The molecule has 2 aromatic rings. The molecule has 21 heavy (non-hydrogen) atoms. The Hall–Kier alpha value is -1.88. The number of rotatable bonds is 5. The summed E-state index contributed by atoms with van der Waals surface area (Å²) in [7, 11) is 2.01. The van der Waals surface area contributed by atoms with Gasteiger partial charge in [0.2, 0.25) is 5.91 Å². The minimum Gasteiger partial charge on any atom is -0.351 e. The number of fused-ring (bicyclic) bond motifs is 1. The molecule has 0 bridgehead atoms. The third-order valence-electron chi connectivity index (χ3n) is 3.21. The van der Waals surface area contributed by atoms with Crippen molar-refractivity contribution in [1.82, 2.24) is 20.2 Å². The fraction of sp³-hybridized carbons (Fsp3) is 0.500. The molecule has 5 heteroatoms. The number of amides is 1. The second kappa shape index (κ2) is 6.26. The van der Waals surface area contributed by atoms with Crippen LogP contribution >= 0.6 is 0 Å². The maximum absolute atomic E-state index is 11.7. The minimum atomic E-state index is -0.172. The highest BCUT2D eigenvalue weighted by Gasteiger charge is 2.13. The lowest BCUT2D eigenvalue weighted by molar-refractivity contribution is -0.122. The van der Waals surface area contributed by atoms with Crippen molar-refractivity contribution in [1.29, 1.82) is 0 Å². The van der Waals surface area contributed by atoms with E-state index in [1.165, 1.54) is 0 Å². The summed E-state index contributed by atoms with van der Waals surface area (Å²) in [5, 5.41) is 6.23. The van der Waals surface area contributed by atoms with E-state index in [1.807, 2.05) is 46.0 Å². The normalized spacial score (nSPS) is 11.8. The first-order valence-corrected chi connectivity index (χ1v) is 7.29. The number of carbonyl (C=O) groups excluding carboxylic acids is 1. The summed E-state index contributed by atoms with van der Waals surface area (Å²) < 4.78 is 2.08. The summed E-state index contributed by atoms with van der Waals surface area (Å²) in [5.74, 6) is 1.05. The van der Waals surface area contributed by atoms with Crippen LogP contribution in [-0.2, 0) is 18.4 Å². The summed E-state index contributed by atoms with van der Waals surface area (Å²) >= 11 is 0. The number of aromatic nitrogens is 2. The van der Waals surface area contributed by atoms with Crippen LogP contribution in [0.5, 0.6) is 0 Å². The standard InChI is InChI=1S/C16H24N4O/c1-16(2,3)19-15(21)9-10-17-11-14-18-12-7-5-6-8-13(12)20(14)4/h5-8,17H,9-11H2,1-4H3,(H,19,21). The Labute approximate surface area is 125 Å². The number of benzene rings is 1. The average Bonchev–Trinajstić information content (AvgIpc) is 2.70. The lowest BCUT2D eigenvalue weighted by atomic mass is 10.1. The quantitative estimate of drug-likeness (QED) is 0.827. The first-order chi connectivity index (χ1) is 9.87. The number of hydrogen-bond donors (Lipinski definition) is 2. The van der Waals surface area contributed by atoms with Crippen LogP contribution < -0.4 is 10.6 Å². The van der Waals surface area contributed by atoms with Gasteiger partial charge < -0.3 is 15.2 Å². The molecule has 0 saturated carbocycles. The molecule has 1 amide bonds. The van der Waals surface area contributed by atoms with Gasteiger partial charge in [0.25, 0.3) is 0 Å². The lowest BCUT2D eigenvalue weighted by Gasteiger charge is -2.20. The van der Waals surface area contributed by atoms with Crippen molar-refractivity contribution in [2.75, 3.05) is 6.54 Å². The van der Waals surface area contributed by atoms with E-state index in [9.17, 15) is 4.79 Å². The van der Waals surface area contributed by atoms with Gasteiger partial charge in [-0.2, -0.15) is 0 Å². The van der Waals surface area contributed by atoms with Gasteiger partial charge in [0, 0.05) is 25.6 Å². The molecular weight excluding hydrogens is 264 g/mol. The summed E-state index contributed by atoms with van der Waals surface area (Å²) in [4.78, 5) is 16.3. The second-order valence-electron chi connectivity index (χ2n) is 6.30. The summed E-state index contributed by atoms with van der Waals surface area (Å²) in [5.41, 5.74) is 1.95. The van der Waals surface area contributed by atoms with Crippen molar-refractivity contribution in [3.05, 3.63) is 30.1 Å². The third kappa shape index (κ3) is 4.29. The molecule has 0 radical (unpaired) electrons. The number of imidazole rings is 1. The van der Waals surface area contributed by atoms with Gasteiger partial charge in [0.05, 0.1) is 17.6 Å². The number of hydrogen-bond acceptors (Lipinski definition) is 3. The molecule has 114 valence electrons.